The normalized spacial score (nSPS) is 16.5. The van der Waals surface area contributed by atoms with Gasteiger partial charge in [0.25, 0.3) is 5.91 Å². The zero-order valence-corrected chi connectivity index (χ0v) is 17.7. The lowest BCUT2D eigenvalue weighted by Crippen LogP contribution is -2.52. The van der Waals surface area contributed by atoms with Crippen molar-refractivity contribution in [3.63, 3.8) is 0 Å². The number of piperidine rings is 1. The van der Waals surface area contributed by atoms with Crippen molar-refractivity contribution in [2.45, 2.75) is 37.8 Å². The van der Waals surface area contributed by atoms with Crippen LogP contribution in [0.2, 0.25) is 0 Å². The number of benzene rings is 2. The van der Waals surface area contributed by atoms with E-state index in [1.54, 1.807) is 31.2 Å². The quantitative estimate of drug-likeness (QED) is 0.656. The fraction of sp³-hybridized carbons (Fsp3) is 0.375. The van der Waals surface area contributed by atoms with Crippen molar-refractivity contribution in [2.75, 3.05) is 19.8 Å². The second-order valence-electron chi connectivity index (χ2n) is 7.42. The summed E-state index contributed by atoms with van der Waals surface area (Å²) in [6, 6.07) is 17.5. The average Bonchev–Trinajstić information content (AvgIpc) is 2.81. The monoisotopic (exact) mass is 424 g/mol. The van der Waals surface area contributed by atoms with Gasteiger partial charge in [0.1, 0.15) is 6.04 Å². The van der Waals surface area contributed by atoms with Gasteiger partial charge in [0.2, 0.25) is 11.5 Å². The van der Waals surface area contributed by atoms with Crippen molar-refractivity contribution >= 4 is 17.8 Å². The number of nitrogens with two attached hydrogens (primary N) is 1. The molecule has 2 amide bonds. The third-order valence-corrected chi connectivity index (χ3v) is 5.49. The first-order valence-electron chi connectivity index (χ1n) is 10.5. The minimum Gasteiger partial charge on any atom is -0.453 e. The molecule has 0 spiro atoms. The van der Waals surface area contributed by atoms with Crippen molar-refractivity contribution in [3.05, 3.63) is 71.8 Å². The predicted molar refractivity (Wildman–Crippen MR) is 115 cm³/mol. The summed E-state index contributed by atoms with van der Waals surface area (Å²) in [7, 11) is 0. The number of amides is 2. The molecule has 1 heterocycles. The number of rotatable bonds is 8. The summed E-state index contributed by atoms with van der Waals surface area (Å²) in [4.78, 5) is 39.4. The molecular formula is C24H28N2O5. The van der Waals surface area contributed by atoms with E-state index in [0.717, 1.165) is 12.8 Å². The van der Waals surface area contributed by atoms with Crippen molar-refractivity contribution in [3.8, 4) is 0 Å². The Hall–Kier alpha value is -3.19. The molecule has 31 heavy (non-hydrogen) atoms. The molecule has 7 nitrogen and oxygen atoms in total. The fourth-order valence-corrected chi connectivity index (χ4v) is 4.03. The first-order valence-corrected chi connectivity index (χ1v) is 10.5. The van der Waals surface area contributed by atoms with Crippen LogP contribution in [0.5, 0.6) is 0 Å². The summed E-state index contributed by atoms with van der Waals surface area (Å²) in [5.74, 6) is -1.67. The molecule has 1 atom stereocenters. The predicted octanol–water partition coefficient (Wildman–Crippen LogP) is 2.38. The first-order chi connectivity index (χ1) is 15.0. The number of likely N-dealkylation sites (tertiary alicyclic amines) is 1. The summed E-state index contributed by atoms with van der Waals surface area (Å²) >= 11 is 0. The van der Waals surface area contributed by atoms with Crippen LogP contribution in [-0.4, -0.2) is 48.5 Å². The summed E-state index contributed by atoms with van der Waals surface area (Å²) in [5, 5.41) is 0. The average molecular weight is 424 g/mol. The van der Waals surface area contributed by atoms with Gasteiger partial charge in [-0.15, -0.1) is 0 Å². The molecule has 0 radical (unpaired) electrons. The first kappa shape index (κ1) is 22.5. The molecule has 0 saturated carbocycles. The van der Waals surface area contributed by atoms with Crippen LogP contribution in [0.4, 0.5) is 0 Å². The van der Waals surface area contributed by atoms with Gasteiger partial charge in [-0.2, -0.15) is 0 Å². The highest BCUT2D eigenvalue weighted by Crippen LogP contribution is 2.35. The highest BCUT2D eigenvalue weighted by molar-refractivity contribution is 5.90. The van der Waals surface area contributed by atoms with E-state index in [4.69, 9.17) is 15.2 Å². The number of primary amides is 1. The van der Waals surface area contributed by atoms with Gasteiger partial charge in [-0.1, -0.05) is 60.7 Å². The highest BCUT2D eigenvalue weighted by Gasteiger charge is 2.45. The van der Waals surface area contributed by atoms with Gasteiger partial charge < -0.3 is 20.1 Å². The Morgan fingerprint density at radius 3 is 2.10 bits per heavy atom. The molecule has 1 saturated heterocycles. The molecule has 2 aromatic rings. The van der Waals surface area contributed by atoms with Crippen LogP contribution in [0.25, 0.3) is 0 Å². The lowest BCUT2D eigenvalue weighted by atomic mass is 9.86. The second-order valence-corrected chi connectivity index (χ2v) is 7.42. The molecule has 7 heteroatoms. The van der Waals surface area contributed by atoms with Gasteiger partial charge in [0, 0.05) is 13.2 Å². The lowest BCUT2D eigenvalue weighted by Gasteiger charge is -2.35. The molecule has 0 aliphatic carbocycles. The number of carbonyl (C=O) groups excluding carboxylic acids is 3. The van der Waals surface area contributed by atoms with Crippen LogP contribution in [0, 0.1) is 0 Å². The van der Waals surface area contributed by atoms with Gasteiger partial charge in [0.05, 0.1) is 0 Å². The Bertz CT molecular complexity index is 861. The smallest absolute Gasteiger partial charge is 0.348 e. The number of carbonyl (C=O) groups is 3. The molecule has 3 rings (SSSR count). The molecule has 1 aliphatic rings. The Kier molecular flexibility index (Phi) is 7.41. The van der Waals surface area contributed by atoms with E-state index >= 15 is 0 Å². The third kappa shape index (κ3) is 4.77. The molecular weight excluding hydrogens is 396 g/mol. The standard InChI is InChI=1S/C24H28N2O5/c1-2-31-24(18-11-5-3-6-12-18,19-13-7-4-8-14-19)23(29)30-17-21(27)26-16-10-9-15-20(26)22(25)28/h3-8,11-14,20H,2,9-10,15-17H2,1H3,(H2,25,28)/t20-/m1/s1. The van der Waals surface area contributed by atoms with Crippen LogP contribution in [0.15, 0.2) is 60.7 Å². The fourth-order valence-electron chi connectivity index (χ4n) is 4.03. The maximum atomic E-state index is 13.4. The van der Waals surface area contributed by atoms with Gasteiger partial charge >= 0.3 is 5.97 Å². The summed E-state index contributed by atoms with van der Waals surface area (Å²) in [6.45, 7) is 1.97. The minimum absolute atomic E-state index is 0.253. The van der Waals surface area contributed by atoms with E-state index in [9.17, 15) is 14.4 Å². The Morgan fingerprint density at radius 2 is 1.58 bits per heavy atom. The van der Waals surface area contributed by atoms with Crippen molar-refractivity contribution in [1.29, 1.82) is 0 Å². The van der Waals surface area contributed by atoms with E-state index in [1.807, 2.05) is 36.4 Å². The zero-order chi connectivity index (χ0) is 22.3. The van der Waals surface area contributed by atoms with Gasteiger partial charge in [0.15, 0.2) is 6.61 Å². The molecule has 0 aromatic heterocycles. The van der Waals surface area contributed by atoms with Crippen molar-refractivity contribution in [1.82, 2.24) is 4.90 Å². The van der Waals surface area contributed by atoms with Gasteiger partial charge in [-0.25, -0.2) is 4.79 Å². The van der Waals surface area contributed by atoms with E-state index < -0.39 is 36.0 Å². The van der Waals surface area contributed by atoms with Crippen LogP contribution in [0.1, 0.15) is 37.3 Å². The highest BCUT2D eigenvalue weighted by atomic mass is 16.6. The van der Waals surface area contributed by atoms with E-state index in [0.29, 0.717) is 24.1 Å². The van der Waals surface area contributed by atoms with Crippen LogP contribution in [-0.2, 0) is 29.5 Å². The molecule has 2 N–H and O–H groups in total. The lowest BCUT2D eigenvalue weighted by molar-refractivity contribution is -0.172. The summed E-state index contributed by atoms with van der Waals surface area (Å²) in [6.07, 6.45) is 2.12. The molecule has 164 valence electrons. The topological polar surface area (TPSA) is 98.9 Å². The SMILES string of the molecule is CCOC(C(=O)OCC(=O)N1CCCC[C@@H]1C(N)=O)(c1ccccc1)c1ccccc1. The Labute approximate surface area is 182 Å². The summed E-state index contributed by atoms with van der Waals surface area (Å²) in [5.41, 5.74) is 5.15. The number of hydrogen-bond donors (Lipinski definition) is 1. The number of ether oxygens (including phenoxy) is 2. The third-order valence-electron chi connectivity index (χ3n) is 5.49. The molecule has 0 unspecified atom stereocenters. The Balaban J connectivity index is 1.87. The van der Waals surface area contributed by atoms with E-state index in [2.05, 4.69) is 0 Å². The van der Waals surface area contributed by atoms with Gasteiger partial charge in [-0.3, -0.25) is 9.59 Å². The van der Waals surface area contributed by atoms with E-state index in [-0.39, 0.29) is 6.61 Å². The maximum Gasteiger partial charge on any atom is 0.348 e. The van der Waals surface area contributed by atoms with Crippen molar-refractivity contribution in [2.24, 2.45) is 5.73 Å². The van der Waals surface area contributed by atoms with Crippen molar-refractivity contribution < 1.29 is 23.9 Å². The number of nitrogens with zero attached hydrogens (tertiary/aromatic N) is 1. The zero-order valence-electron chi connectivity index (χ0n) is 17.7. The molecule has 1 aliphatic heterocycles. The summed E-state index contributed by atoms with van der Waals surface area (Å²) < 4.78 is 11.5. The number of hydrogen-bond acceptors (Lipinski definition) is 5. The molecule has 1 fully saturated rings. The molecule has 2 aromatic carbocycles. The van der Waals surface area contributed by atoms with Crippen LogP contribution in [0.3, 0.4) is 0 Å². The molecule has 0 bridgehead atoms. The number of esters is 1. The van der Waals surface area contributed by atoms with E-state index in [1.165, 1.54) is 4.90 Å². The Morgan fingerprint density at radius 1 is 1.00 bits per heavy atom. The second kappa shape index (κ2) is 10.2. The largest absolute Gasteiger partial charge is 0.453 e. The maximum absolute atomic E-state index is 13.4. The van der Waals surface area contributed by atoms with Crippen LogP contribution >= 0.6 is 0 Å². The van der Waals surface area contributed by atoms with Crippen LogP contribution < -0.4 is 5.73 Å². The van der Waals surface area contributed by atoms with Gasteiger partial charge in [-0.05, 0) is 37.3 Å². The minimum atomic E-state index is -1.51.